The second-order valence-corrected chi connectivity index (χ2v) is 10.1. The molecule has 1 unspecified atom stereocenters. The first-order valence-corrected chi connectivity index (χ1v) is 12.9. The lowest BCUT2D eigenvalue weighted by molar-refractivity contribution is -0.144. The predicted molar refractivity (Wildman–Crippen MR) is 135 cm³/mol. The van der Waals surface area contributed by atoms with Crippen molar-refractivity contribution in [3.8, 4) is 17.6 Å². The van der Waals surface area contributed by atoms with E-state index >= 15 is 0 Å². The highest BCUT2D eigenvalue weighted by molar-refractivity contribution is 7.89. The molecule has 4 rings (SSSR count). The fourth-order valence-corrected chi connectivity index (χ4v) is 5.62. The number of benzene rings is 2. The Hall–Kier alpha value is -4.07. The number of methoxy groups -OCH3 is 1. The number of aryl methyl sites for hydroxylation is 1. The summed E-state index contributed by atoms with van der Waals surface area (Å²) in [5.41, 5.74) is 1.65. The summed E-state index contributed by atoms with van der Waals surface area (Å²) in [7, 11) is -3.02. The van der Waals surface area contributed by atoms with Crippen molar-refractivity contribution in [3.63, 3.8) is 0 Å². The first kappa shape index (κ1) is 26.0. The highest BCUT2D eigenvalue weighted by atomic mass is 32.2. The molecule has 1 aliphatic rings. The minimum Gasteiger partial charge on any atom is -0.481 e. The topological polar surface area (TPSA) is 106 Å². The number of carbonyl (C=O) groups is 2. The fourth-order valence-electron chi connectivity index (χ4n) is 4.07. The van der Waals surface area contributed by atoms with Gasteiger partial charge in [-0.3, -0.25) is 9.59 Å². The number of carbonyl (C=O) groups excluding carboxylic acids is 2. The van der Waals surface area contributed by atoms with Gasteiger partial charge < -0.3 is 18.8 Å². The van der Waals surface area contributed by atoms with Gasteiger partial charge in [0.15, 0.2) is 5.76 Å². The number of nitrogens with zero attached hydrogens (tertiary/aromatic N) is 2. The smallest absolute Gasteiger partial charge is 0.326 e. The van der Waals surface area contributed by atoms with Gasteiger partial charge in [-0.1, -0.05) is 24.1 Å². The van der Waals surface area contributed by atoms with Crippen molar-refractivity contribution < 1.29 is 31.9 Å². The van der Waals surface area contributed by atoms with E-state index in [4.69, 9.17) is 13.9 Å². The van der Waals surface area contributed by atoms with Crippen LogP contribution in [0, 0.1) is 18.8 Å². The molecule has 0 spiro atoms. The first-order chi connectivity index (χ1) is 17.8. The van der Waals surface area contributed by atoms with Gasteiger partial charge >= 0.3 is 5.97 Å². The highest BCUT2D eigenvalue weighted by Gasteiger charge is 2.42. The molecule has 2 aromatic carbocycles. The van der Waals surface area contributed by atoms with Crippen LogP contribution < -0.4 is 9.64 Å². The number of para-hydroxylation sites is 1. The average molecular weight is 523 g/mol. The number of sulfonamides is 1. The van der Waals surface area contributed by atoms with Crippen molar-refractivity contribution in [2.24, 2.45) is 0 Å². The molecular formula is C27H26N2O7S. The Balaban J connectivity index is 1.76. The molecule has 37 heavy (non-hydrogen) atoms. The van der Waals surface area contributed by atoms with E-state index in [0.29, 0.717) is 22.6 Å². The molecule has 0 fully saturated rings. The van der Waals surface area contributed by atoms with E-state index < -0.39 is 27.9 Å². The van der Waals surface area contributed by atoms with Crippen molar-refractivity contribution in [1.82, 2.24) is 4.31 Å². The molecule has 0 saturated heterocycles. The number of fused-ring (bicyclic) bond motifs is 1. The maximum absolute atomic E-state index is 13.8. The Morgan fingerprint density at radius 3 is 2.49 bits per heavy atom. The molecular weight excluding hydrogens is 496 g/mol. The standard InChI is InChI=1S/C27H26N2O7S/c1-4-5-15-35-21-10-12-22(13-11-21)37(32,33)29-17-20-8-6-7-9-23(20)28(18-24(29)27(31)34-3)26(30)25-19(2)14-16-36-25/h6-14,16,24H,15,17-18H2,1-3H3. The van der Waals surface area contributed by atoms with Crippen LogP contribution in [0.25, 0.3) is 0 Å². The molecule has 3 aromatic rings. The molecule has 10 heteroatoms. The fraction of sp³-hybridized carbons (Fsp3) is 0.259. The Bertz CT molecular complexity index is 1470. The van der Waals surface area contributed by atoms with Crippen molar-refractivity contribution in [2.45, 2.75) is 31.3 Å². The molecule has 2 heterocycles. The van der Waals surface area contributed by atoms with Gasteiger partial charge in [0.25, 0.3) is 5.91 Å². The SMILES string of the molecule is CC#CCOc1ccc(S(=O)(=O)N2Cc3ccccc3N(C(=O)c3occc3C)CC2C(=O)OC)cc1. The second kappa shape index (κ2) is 10.9. The number of hydrogen-bond acceptors (Lipinski definition) is 7. The van der Waals surface area contributed by atoms with Gasteiger partial charge in [-0.25, -0.2) is 8.42 Å². The summed E-state index contributed by atoms with van der Waals surface area (Å²) >= 11 is 0. The molecule has 1 aliphatic heterocycles. The van der Waals surface area contributed by atoms with Gasteiger partial charge in [-0.05, 0) is 55.8 Å². The number of esters is 1. The van der Waals surface area contributed by atoms with Gasteiger partial charge in [0.05, 0.1) is 24.8 Å². The molecule has 0 aliphatic carbocycles. The van der Waals surface area contributed by atoms with Crippen molar-refractivity contribution in [1.29, 1.82) is 0 Å². The molecule has 1 atom stereocenters. The van der Waals surface area contributed by atoms with Crippen molar-refractivity contribution in [3.05, 3.63) is 77.7 Å². The van der Waals surface area contributed by atoms with Crippen LogP contribution in [0.1, 0.15) is 28.6 Å². The molecule has 9 nitrogen and oxygen atoms in total. The molecule has 0 bridgehead atoms. The van der Waals surface area contributed by atoms with E-state index in [2.05, 4.69) is 11.8 Å². The van der Waals surface area contributed by atoms with Crippen LogP contribution >= 0.6 is 0 Å². The Labute approximate surface area is 215 Å². The number of amides is 1. The van der Waals surface area contributed by atoms with Gasteiger partial charge in [-0.2, -0.15) is 4.31 Å². The summed E-state index contributed by atoms with van der Waals surface area (Å²) in [6, 6.07) is 13.1. The third-order valence-corrected chi connectivity index (χ3v) is 7.87. The van der Waals surface area contributed by atoms with Gasteiger partial charge in [0, 0.05) is 17.8 Å². The van der Waals surface area contributed by atoms with E-state index in [1.54, 1.807) is 44.2 Å². The molecule has 1 aromatic heterocycles. The number of hydrogen-bond donors (Lipinski definition) is 0. The average Bonchev–Trinajstić information content (AvgIpc) is 3.25. The van der Waals surface area contributed by atoms with E-state index in [9.17, 15) is 18.0 Å². The summed E-state index contributed by atoms with van der Waals surface area (Å²) in [5, 5.41) is 0. The van der Waals surface area contributed by atoms with Crippen LogP contribution in [0.5, 0.6) is 5.75 Å². The van der Waals surface area contributed by atoms with Crippen LogP contribution in [0.15, 0.2) is 70.2 Å². The van der Waals surface area contributed by atoms with Crippen LogP contribution in [-0.4, -0.2) is 50.9 Å². The molecule has 192 valence electrons. The van der Waals surface area contributed by atoms with E-state index in [1.807, 2.05) is 0 Å². The van der Waals surface area contributed by atoms with Gasteiger partial charge in [0.2, 0.25) is 10.0 Å². The quantitative estimate of drug-likeness (QED) is 0.361. The van der Waals surface area contributed by atoms with E-state index in [0.717, 1.165) is 4.31 Å². The summed E-state index contributed by atoms with van der Waals surface area (Å²) < 4.78 is 44.6. The van der Waals surface area contributed by atoms with Crippen LogP contribution in [-0.2, 0) is 26.1 Å². The number of ether oxygens (including phenoxy) is 2. The molecule has 0 N–H and O–H groups in total. The third kappa shape index (κ3) is 5.23. The molecule has 0 radical (unpaired) electrons. The Kier molecular flexibility index (Phi) is 7.66. The van der Waals surface area contributed by atoms with Crippen LogP contribution in [0.4, 0.5) is 5.69 Å². The van der Waals surface area contributed by atoms with Crippen LogP contribution in [0.3, 0.4) is 0 Å². The number of anilines is 1. The lowest BCUT2D eigenvalue weighted by atomic mass is 10.1. The minimum atomic E-state index is -4.20. The van der Waals surface area contributed by atoms with Gasteiger partial charge in [-0.15, -0.1) is 5.92 Å². The summed E-state index contributed by atoms with van der Waals surface area (Å²) in [4.78, 5) is 27.8. The maximum Gasteiger partial charge on any atom is 0.326 e. The zero-order chi connectivity index (χ0) is 26.6. The second-order valence-electron chi connectivity index (χ2n) is 8.25. The lowest BCUT2D eigenvalue weighted by Gasteiger charge is -2.29. The zero-order valence-electron chi connectivity index (χ0n) is 20.6. The minimum absolute atomic E-state index is 0.0329. The first-order valence-electron chi connectivity index (χ1n) is 11.4. The Morgan fingerprint density at radius 2 is 1.84 bits per heavy atom. The highest BCUT2D eigenvalue weighted by Crippen LogP contribution is 2.33. The van der Waals surface area contributed by atoms with Crippen molar-refractivity contribution >= 4 is 27.6 Å². The van der Waals surface area contributed by atoms with Crippen LogP contribution in [0.2, 0.25) is 0 Å². The Morgan fingerprint density at radius 1 is 1.11 bits per heavy atom. The zero-order valence-corrected chi connectivity index (χ0v) is 21.4. The maximum atomic E-state index is 13.8. The third-order valence-electron chi connectivity index (χ3n) is 6.00. The van der Waals surface area contributed by atoms with E-state index in [1.165, 1.54) is 42.5 Å². The normalized spacial score (nSPS) is 15.6. The molecule has 1 amide bonds. The summed E-state index contributed by atoms with van der Waals surface area (Å²) in [6.45, 7) is 3.19. The predicted octanol–water partition coefficient (Wildman–Crippen LogP) is 3.38. The monoisotopic (exact) mass is 522 g/mol. The van der Waals surface area contributed by atoms with Crippen molar-refractivity contribution in [2.75, 3.05) is 25.2 Å². The van der Waals surface area contributed by atoms with E-state index in [-0.39, 0.29) is 30.4 Å². The summed E-state index contributed by atoms with van der Waals surface area (Å²) in [5.74, 6) is 4.78. The molecule has 0 saturated carbocycles. The largest absolute Gasteiger partial charge is 0.481 e. The summed E-state index contributed by atoms with van der Waals surface area (Å²) in [6.07, 6.45) is 1.41. The lowest BCUT2D eigenvalue weighted by Crippen LogP contribution is -2.50. The van der Waals surface area contributed by atoms with Gasteiger partial charge in [0.1, 0.15) is 18.4 Å². The number of rotatable bonds is 6. The number of furan rings is 1.